The molecule has 0 amide bonds. The number of benzene rings is 1. The summed E-state index contributed by atoms with van der Waals surface area (Å²) in [5.74, 6) is 2.59. The number of nitrogens with one attached hydrogen (secondary N) is 2. The molecule has 0 aliphatic carbocycles. The van der Waals surface area contributed by atoms with E-state index in [9.17, 15) is 4.39 Å². The molecule has 1 aromatic carbocycles. The van der Waals surface area contributed by atoms with Crippen molar-refractivity contribution in [3.63, 3.8) is 0 Å². The van der Waals surface area contributed by atoms with Crippen LogP contribution < -0.4 is 15.4 Å². The number of hydrogen-bond donors (Lipinski definition) is 2. The third-order valence-corrected chi connectivity index (χ3v) is 4.62. The number of hydrogen-bond acceptors (Lipinski definition) is 4. The van der Waals surface area contributed by atoms with E-state index in [1.165, 1.54) is 12.1 Å². The third kappa shape index (κ3) is 7.20. The Morgan fingerprint density at radius 1 is 1.23 bits per heavy atom. The zero-order valence-corrected chi connectivity index (χ0v) is 20.2. The molecule has 0 spiro atoms. The molecular formula is C22H28FIN6O. The molecule has 3 rings (SSSR count). The number of rotatable bonds is 8. The topological polar surface area (TPSA) is 76.4 Å². The molecular weight excluding hydrogens is 510 g/mol. The van der Waals surface area contributed by atoms with Crippen LogP contribution in [0.15, 0.2) is 60.0 Å². The smallest absolute Gasteiger partial charge is 0.191 e. The third-order valence-electron chi connectivity index (χ3n) is 4.62. The maximum atomic E-state index is 13.3. The lowest BCUT2D eigenvalue weighted by molar-refractivity contribution is 0.199. The Labute approximate surface area is 199 Å². The van der Waals surface area contributed by atoms with Gasteiger partial charge >= 0.3 is 0 Å². The number of imidazole rings is 1. The number of halogens is 2. The molecule has 0 aliphatic heterocycles. The van der Waals surface area contributed by atoms with Crippen molar-refractivity contribution in [2.75, 3.05) is 13.6 Å². The van der Waals surface area contributed by atoms with E-state index in [1.807, 2.05) is 42.9 Å². The second-order valence-electron chi connectivity index (χ2n) is 6.78. The summed E-state index contributed by atoms with van der Waals surface area (Å²) in [6.45, 7) is 5.09. The molecule has 31 heavy (non-hydrogen) atoms. The quantitative estimate of drug-likeness (QED) is 0.259. The summed E-state index contributed by atoms with van der Waals surface area (Å²) in [5, 5.41) is 6.52. The van der Waals surface area contributed by atoms with Gasteiger partial charge in [0.05, 0.1) is 6.54 Å². The second kappa shape index (κ2) is 12.2. The van der Waals surface area contributed by atoms with Crippen molar-refractivity contribution >= 4 is 29.9 Å². The second-order valence-corrected chi connectivity index (χ2v) is 6.78. The molecule has 0 saturated carbocycles. The van der Waals surface area contributed by atoms with Crippen molar-refractivity contribution in [1.82, 2.24) is 25.2 Å². The minimum Gasteiger partial charge on any atom is -0.489 e. The van der Waals surface area contributed by atoms with E-state index in [1.54, 1.807) is 25.4 Å². The van der Waals surface area contributed by atoms with Gasteiger partial charge < -0.3 is 15.4 Å². The molecule has 1 unspecified atom stereocenters. The number of aliphatic imine (C=N–C) groups is 1. The summed E-state index contributed by atoms with van der Waals surface area (Å²) >= 11 is 0. The molecule has 2 heterocycles. The Bertz CT molecular complexity index is 976. The number of pyridine rings is 1. The van der Waals surface area contributed by atoms with Crippen molar-refractivity contribution in [2.24, 2.45) is 4.99 Å². The van der Waals surface area contributed by atoms with Gasteiger partial charge in [-0.3, -0.25) is 9.56 Å². The average molecular weight is 538 g/mol. The maximum Gasteiger partial charge on any atom is 0.191 e. The van der Waals surface area contributed by atoms with Crippen LogP contribution in [-0.4, -0.2) is 40.2 Å². The first kappa shape index (κ1) is 24.6. The largest absolute Gasteiger partial charge is 0.489 e. The van der Waals surface area contributed by atoms with Crippen LogP contribution in [0.25, 0.3) is 5.82 Å². The number of nitrogens with zero attached hydrogens (tertiary/aromatic N) is 4. The lowest BCUT2D eigenvalue weighted by Crippen LogP contribution is -2.42. The first-order valence-corrected chi connectivity index (χ1v) is 9.91. The molecule has 7 nitrogen and oxygen atoms in total. The molecule has 166 valence electrons. The Balaban J connectivity index is 0.00000341. The maximum absolute atomic E-state index is 13.3. The number of aryl methyl sites for hydroxylation is 1. The van der Waals surface area contributed by atoms with Crippen LogP contribution in [0.1, 0.15) is 24.7 Å². The van der Waals surface area contributed by atoms with Gasteiger partial charge in [-0.15, -0.1) is 24.0 Å². The fourth-order valence-corrected chi connectivity index (χ4v) is 2.90. The van der Waals surface area contributed by atoms with Gasteiger partial charge in [-0.1, -0.05) is 19.1 Å². The van der Waals surface area contributed by atoms with Gasteiger partial charge in [0.2, 0.25) is 0 Å². The molecule has 0 fully saturated rings. The SMILES string of the molecule is CCC(CNC(=NC)NCc1ccc(-n2ccnc2C)nc1)Oc1cccc(F)c1.I. The Kier molecular flexibility index (Phi) is 9.70. The monoisotopic (exact) mass is 538 g/mol. The summed E-state index contributed by atoms with van der Waals surface area (Å²) in [6.07, 6.45) is 6.14. The van der Waals surface area contributed by atoms with Crippen LogP contribution in [0.2, 0.25) is 0 Å². The normalized spacial score (nSPS) is 12.1. The van der Waals surface area contributed by atoms with Crippen molar-refractivity contribution in [3.05, 3.63) is 72.2 Å². The van der Waals surface area contributed by atoms with Crippen molar-refractivity contribution in [3.8, 4) is 11.6 Å². The standard InChI is InChI=1S/C22H27FN6O.HI/c1-4-19(30-20-7-5-6-18(23)12-20)15-28-22(24-3)27-14-17-8-9-21(26-13-17)29-11-10-25-16(29)2;/h5-13,19H,4,14-15H2,1-3H3,(H2,24,27,28);1H. The molecule has 1 atom stereocenters. The van der Waals surface area contributed by atoms with Crippen LogP contribution in [0, 0.1) is 12.7 Å². The predicted molar refractivity (Wildman–Crippen MR) is 131 cm³/mol. The van der Waals surface area contributed by atoms with E-state index >= 15 is 0 Å². The summed E-state index contributed by atoms with van der Waals surface area (Å²) in [4.78, 5) is 13.0. The molecule has 9 heteroatoms. The summed E-state index contributed by atoms with van der Waals surface area (Å²) < 4.78 is 21.1. The zero-order chi connectivity index (χ0) is 21.3. The molecule has 0 aliphatic rings. The van der Waals surface area contributed by atoms with Crippen LogP contribution in [0.4, 0.5) is 4.39 Å². The van der Waals surface area contributed by atoms with Crippen LogP contribution >= 0.6 is 24.0 Å². The first-order valence-electron chi connectivity index (χ1n) is 9.91. The molecule has 0 saturated heterocycles. The highest BCUT2D eigenvalue weighted by molar-refractivity contribution is 14.0. The number of guanidine groups is 1. The van der Waals surface area contributed by atoms with Crippen molar-refractivity contribution < 1.29 is 9.13 Å². The summed E-state index contributed by atoms with van der Waals surface area (Å²) in [7, 11) is 1.72. The van der Waals surface area contributed by atoms with Crippen molar-refractivity contribution in [1.29, 1.82) is 0 Å². The lowest BCUT2D eigenvalue weighted by Gasteiger charge is -2.20. The molecule has 0 radical (unpaired) electrons. The van der Waals surface area contributed by atoms with Crippen LogP contribution in [0.3, 0.4) is 0 Å². The minimum absolute atomic E-state index is 0. The van der Waals surface area contributed by atoms with E-state index in [0.717, 1.165) is 23.6 Å². The van der Waals surface area contributed by atoms with Gasteiger partial charge in [-0.2, -0.15) is 0 Å². The average Bonchev–Trinajstić information content (AvgIpc) is 3.19. The molecule has 3 aromatic rings. The highest BCUT2D eigenvalue weighted by Crippen LogP contribution is 2.14. The number of ether oxygens (including phenoxy) is 1. The fraction of sp³-hybridized carbons (Fsp3) is 0.318. The zero-order valence-electron chi connectivity index (χ0n) is 17.9. The number of aromatic nitrogens is 3. The highest BCUT2D eigenvalue weighted by Gasteiger charge is 2.10. The van der Waals surface area contributed by atoms with Crippen LogP contribution in [-0.2, 0) is 6.54 Å². The van der Waals surface area contributed by atoms with Gasteiger partial charge in [0.15, 0.2) is 5.96 Å². The lowest BCUT2D eigenvalue weighted by atomic mass is 10.2. The van der Waals surface area contributed by atoms with E-state index < -0.39 is 0 Å². The molecule has 0 bridgehead atoms. The Morgan fingerprint density at radius 2 is 2.06 bits per heavy atom. The van der Waals surface area contributed by atoms with Gasteiger partial charge in [-0.05, 0) is 37.1 Å². The highest BCUT2D eigenvalue weighted by atomic mass is 127. The van der Waals surface area contributed by atoms with Gasteiger partial charge in [0.25, 0.3) is 0 Å². The fourth-order valence-electron chi connectivity index (χ4n) is 2.90. The Hall–Kier alpha value is -2.69. The van der Waals surface area contributed by atoms with E-state index in [2.05, 4.69) is 25.6 Å². The molecule has 2 N–H and O–H groups in total. The van der Waals surface area contributed by atoms with Gasteiger partial charge in [0, 0.05) is 38.2 Å². The Morgan fingerprint density at radius 3 is 2.68 bits per heavy atom. The predicted octanol–water partition coefficient (Wildman–Crippen LogP) is 3.86. The first-order chi connectivity index (χ1) is 14.6. The summed E-state index contributed by atoms with van der Waals surface area (Å²) in [5.41, 5.74) is 1.03. The van der Waals surface area contributed by atoms with Gasteiger partial charge in [0.1, 0.15) is 29.3 Å². The van der Waals surface area contributed by atoms with Crippen molar-refractivity contribution in [2.45, 2.75) is 32.9 Å². The summed E-state index contributed by atoms with van der Waals surface area (Å²) in [6, 6.07) is 10.2. The van der Waals surface area contributed by atoms with Crippen LogP contribution in [0.5, 0.6) is 5.75 Å². The van der Waals surface area contributed by atoms with Gasteiger partial charge in [-0.25, -0.2) is 14.4 Å². The molecule has 2 aromatic heterocycles. The van der Waals surface area contributed by atoms with E-state index in [4.69, 9.17) is 4.74 Å². The van der Waals surface area contributed by atoms with E-state index in [-0.39, 0.29) is 35.9 Å². The van der Waals surface area contributed by atoms with E-state index in [0.29, 0.717) is 24.8 Å². The minimum atomic E-state index is -0.310.